The Morgan fingerprint density at radius 1 is 0.765 bits per heavy atom. The average Bonchev–Trinajstić information content (AvgIpc) is 2.90. The molecular formula is C14H13N3. The average molecular weight is 223 g/mol. The summed E-state index contributed by atoms with van der Waals surface area (Å²) in [5.74, 6) is 0. The molecule has 0 atom stereocenters. The number of rotatable bonds is 2. The predicted octanol–water partition coefficient (Wildman–Crippen LogP) is 2.06. The Morgan fingerprint density at radius 3 is 2.00 bits per heavy atom. The molecule has 0 amide bonds. The van der Waals surface area contributed by atoms with Crippen LogP contribution in [-0.4, -0.2) is 11.7 Å². The van der Waals surface area contributed by atoms with Gasteiger partial charge in [-0.2, -0.15) is 0 Å². The molecule has 0 radical (unpaired) electrons. The summed E-state index contributed by atoms with van der Waals surface area (Å²) in [5.41, 5.74) is 4.64. The Labute approximate surface area is 100 Å². The van der Waals surface area contributed by atoms with E-state index in [2.05, 4.69) is 27.8 Å². The molecule has 0 saturated carbocycles. The number of aromatic nitrogens is 1. The maximum atomic E-state index is 4.04. The zero-order valence-corrected chi connectivity index (χ0v) is 9.35. The lowest BCUT2D eigenvalue weighted by molar-refractivity contribution is 0.850. The van der Waals surface area contributed by atoms with Gasteiger partial charge in [-0.1, -0.05) is 30.3 Å². The van der Waals surface area contributed by atoms with Crippen molar-refractivity contribution < 1.29 is 0 Å². The summed E-state index contributed by atoms with van der Waals surface area (Å²) in [4.78, 5) is 4.04. The SMILES string of the molecule is c1ccc(C2=C(c3ccncc3)NCN2)cc1. The molecule has 0 fully saturated rings. The van der Waals surface area contributed by atoms with E-state index < -0.39 is 0 Å². The van der Waals surface area contributed by atoms with E-state index in [1.54, 1.807) is 0 Å². The standard InChI is InChI=1S/C14H13N3/c1-2-4-11(5-3-1)13-14(17-10-16-13)12-6-8-15-9-7-12/h1-9,16-17H,10H2. The van der Waals surface area contributed by atoms with Crippen molar-refractivity contribution >= 4 is 11.4 Å². The van der Waals surface area contributed by atoms with Crippen molar-refractivity contribution in [2.45, 2.75) is 0 Å². The second-order valence-electron chi connectivity index (χ2n) is 3.88. The fraction of sp³-hybridized carbons (Fsp3) is 0.0714. The molecule has 84 valence electrons. The molecule has 3 rings (SSSR count). The molecule has 0 spiro atoms. The highest BCUT2D eigenvalue weighted by Crippen LogP contribution is 2.24. The first-order valence-electron chi connectivity index (χ1n) is 5.63. The Kier molecular flexibility index (Phi) is 2.50. The van der Waals surface area contributed by atoms with Crippen LogP contribution in [-0.2, 0) is 0 Å². The zero-order valence-electron chi connectivity index (χ0n) is 9.35. The molecule has 1 aliphatic heterocycles. The van der Waals surface area contributed by atoms with E-state index in [0.29, 0.717) is 0 Å². The Morgan fingerprint density at radius 2 is 1.35 bits per heavy atom. The molecule has 1 aromatic carbocycles. The molecule has 2 aromatic rings. The van der Waals surface area contributed by atoms with Crippen LogP contribution in [0.25, 0.3) is 11.4 Å². The lowest BCUT2D eigenvalue weighted by Crippen LogP contribution is -2.14. The largest absolute Gasteiger partial charge is 0.366 e. The maximum absolute atomic E-state index is 4.04. The summed E-state index contributed by atoms with van der Waals surface area (Å²) in [6, 6.07) is 14.4. The van der Waals surface area contributed by atoms with Gasteiger partial charge in [0.05, 0.1) is 18.1 Å². The van der Waals surface area contributed by atoms with Gasteiger partial charge in [-0.3, -0.25) is 4.98 Å². The highest BCUT2D eigenvalue weighted by molar-refractivity contribution is 5.90. The quantitative estimate of drug-likeness (QED) is 0.818. The molecule has 3 heteroatoms. The lowest BCUT2D eigenvalue weighted by Gasteiger charge is -2.06. The molecule has 0 unspecified atom stereocenters. The molecule has 2 N–H and O–H groups in total. The van der Waals surface area contributed by atoms with Crippen LogP contribution in [0.3, 0.4) is 0 Å². The number of hydrogen-bond donors (Lipinski definition) is 2. The van der Waals surface area contributed by atoms with Crippen molar-refractivity contribution in [1.82, 2.24) is 15.6 Å². The second-order valence-corrected chi connectivity index (χ2v) is 3.88. The minimum absolute atomic E-state index is 0.766. The zero-order chi connectivity index (χ0) is 11.5. The molecule has 0 bridgehead atoms. The van der Waals surface area contributed by atoms with Crippen LogP contribution in [0.2, 0.25) is 0 Å². The van der Waals surface area contributed by atoms with Crippen LogP contribution in [0.1, 0.15) is 11.1 Å². The molecule has 1 aliphatic rings. The summed E-state index contributed by atoms with van der Waals surface area (Å²) in [7, 11) is 0. The minimum atomic E-state index is 0.766. The van der Waals surface area contributed by atoms with Gasteiger partial charge < -0.3 is 10.6 Å². The highest BCUT2D eigenvalue weighted by atomic mass is 15.1. The molecular weight excluding hydrogens is 210 g/mol. The van der Waals surface area contributed by atoms with Crippen molar-refractivity contribution in [3.05, 3.63) is 66.0 Å². The normalized spacial score (nSPS) is 14.4. The summed E-state index contributed by atoms with van der Waals surface area (Å²) < 4.78 is 0. The number of nitrogens with one attached hydrogen (secondary N) is 2. The van der Waals surface area contributed by atoms with Gasteiger partial charge >= 0.3 is 0 Å². The first kappa shape index (κ1) is 9.90. The smallest absolute Gasteiger partial charge is 0.0851 e. The van der Waals surface area contributed by atoms with Crippen LogP contribution in [0, 0.1) is 0 Å². The number of nitrogens with zero attached hydrogens (tertiary/aromatic N) is 1. The van der Waals surface area contributed by atoms with E-state index in [1.165, 1.54) is 5.56 Å². The predicted molar refractivity (Wildman–Crippen MR) is 68.6 cm³/mol. The number of benzene rings is 1. The number of hydrogen-bond acceptors (Lipinski definition) is 3. The van der Waals surface area contributed by atoms with E-state index in [4.69, 9.17) is 0 Å². The number of pyridine rings is 1. The third-order valence-corrected chi connectivity index (χ3v) is 2.81. The summed E-state index contributed by atoms with van der Waals surface area (Å²) in [6.07, 6.45) is 3.62. The van der Waals surface area contributed by atoms with Crippen LogP contribution in [0.4, 0.5) is 0 Å². The third kappa shape index (κ3) is 1.87. The molecule has 2 heterocycles. The first-order valence-corrected chi connectivity index (χ1v) is 5.63. The van der Waals surface area contributed by atoms with Gasteiger partial charge in [-0.05, 0) is 17.7 Å². The van der Waals surface area contributed by atoms with Crippen LogP contribution in [0.5, 0.6) is 0 Å². The van der Waals surface area contributed by atoms with Gasteiger partial charge in [-0.15, -0.1) is 0 Å². The maximum Gasteiger partial charge on any atom is 0.0851 e. The van der Waals surface area contributed by atoms with E-state index in [1.807, 2.05) is 42.7 Å². The lowest BCUT2D eigenvalue weighted by atomic mass is 10.1. The topological polar surface area (TPSA) is 37.0 Å². The third-order valence-electron chi connectivity index (χ3n) is 2.81. The minimum Gasteiger partial charge on any atom is -0.366 e. The summed E-state index contributed by atoms with van der Waals surface area (Å²) in [6.45, 7) is 0.766. The summed E-state index contributed by atoms with van der Waals surface area (Å²) >= 11 is 0. The summed E-state index contributed by atoms with van der Waals surface area (Å²) in [5, 5.41) is 6.73. The van der Waals surface area contributed by atoms with Gasteiger partial charge in [0.25, 0.3) is 0 Å². The van der Waals surface area contributed by atoms with Crippen molar-refractivity contribution in [3.63, 3.8) is 0 Å². The highest BCUT2D eigenvalue weighted by Gasteiger charge is 2.15. The van der Waals surface area contributed by atoms with Gasteiger partial charge in [0, 0.05) is 18.0 Å². The molecule has 0 saturated heterocycles. The molecule has 0 aliphatic carbocycles. The Bertz CT molecular complexity index is 482. The van der Waals surface area contributed by atoms with Crippen molar-refractivity contribution in [1.29, 1.82) is 0 Å². The van der Waals surface area contributed by atoms with E-state index in [0.717, 1.165) is 23.6 Å². The molecule has 1 aromatic heterocycles. The Balaban J connectivity index is 2.08. The van der Waals surface area contributed by atoms with E-state index >= 15 is 0 Å². The van der Waals surface area contributed by atoms with Crippen LogP contribution < -0.4 is 10.6 Å². The Hall–Kier alpha value is -2.29. The first-order chi connectivity index (χ1) is 8.45. The van der Waals surface area contributed by atoms with Gasteiger partial charge in [0.2, 0.25) is 0 Å². The van der Waals surface area contributed by atoms with Crippen molar-refractivity contribution in [2.24, 2.45) is 0 Å². The molecule has 3 nitrogen and oxygen atoms in total. The fourth-order valence-electron chi connectivity index (χ4n) is 2.01. The second kappa shape index (κ2) is 4.29. The van der Waals surface area contributed by atoms with Crippen LogP contribution >= 0.6 is 0 Å². The van der Waals surface area contributed by atoms with Crippen molar-refractivity contribution in [3.8, 4) is 0 Å². The fourth-order valence-corrected chi connectivity index (χ4v) is 2.01. The van der Waals surface area contributed by atoms with E-state index in [-0.39, 0.29) is 0 Å². The van der Waals surface area contributed by atoms with Crippen molar-refractivity contribution in [2.75, 3.05) is 6.67 Å². The van der Waals surface area contributed by atoms with Gasteiger partial charge in [-0.25, -0.2) is 0 Å². The monoisotopic (exact) mass is 223 g/mol. The van der Waals surface area contributed by atoms with Gasteiger partial charge in [0.1, 0.15) is 0 Å². The van der Waals surface area contributed by atoms with Crippen LogP contribution in [0.15, 0.2) is 54.9 Å². The molecule has 17 heavy (non-hydrogen) atoms. The van der Waals surface area contributed by atoms with Gasteiger partial charge in [0.15, 0.2) is 0 Å². The van der Waals surface area contributed by atoms with E-state index in [9.17, 15) is 0 Å².